The standard InChI is InChI=1S/C10H23NO/c1-9(2)5-6-10(3,11-4)7-8-12/h9,11-12H,5-8H2,1-4H3. The van der Waals surface area contributed by atoms with Crippen molar-refractivity contribution in [3.63, 3.8) is 0 Å². The van der Waals surface area contributed by atoms with Crippen LogP contribution in [0.2, 0.25) is 0 Å². The van der Waals surface area contributed by atoms with Crippen molar-refractivity contribution in [2.75, 3.05) is 13.7 Å². The quantitative estimate of drug-likeness (QED) is 0.642. The Labute approximate surface area is 76.4 Å². The van der Waals surface area contributed by atoms with Crippen LogP contribution >= 0.6 is 0 Å². The van der Waals surface area contributed by atoms with Gasteiger partial charge in [0.15, 0.2) is 0 Å². The van der Waals surface area contributed by atoms with E-state index >= 15 is 0 Å². The summed E-state index contributed by atoms with van der Waals surface area (Å²) in [5.41, 5.74) is 0.124. The maximum Gasteiger partial charge on any atom is 0.0448 e. The number of aliphatic hydroxyl groups excluding tert-OH is 1. The normalized spacial score (nSPS) is 16.5. The topological polar surface area (TPSA) is 32.3 Å². The minimum atomic E-state index is 0.124. The monoisotopic (exact) mass is 173 g/mol. The molecule has 0 bridgehead atoms. The second kappa shape index (κ2) is 5.55. The summed E-state index contributed by atoms with van der Waals surface area (Å²) in [5, 5.41) is 12.1. The molecule has 1 unspecified atom stereocenters. The van der Waals surface area contributed by atoms with E-state index in [-0.39, 0.29) is 12.1 Å². The molecule has 74 valence electrons. The van der Waals surface area contributed by atoms with Crippen LogP contribution in [-0.4, -0.2) is 24.3 Å². The van der Waals surface area contributed by atoms with E-state index in [9.17, 15) is 0 Å². The molecule has 0 spiro atoms. The van der Waals surface area contributed by atoms with Crippen LogP contribution in [0.15, 0.2) is 0 Å². The van der Waals surface area contributed by atoms with Crippen LogP contribution in [0.25, 0.3) is 0 Å². The molecule has 0 aliphatic carbocycles. The molecular weight excluding hydrogens is 150 g/mol. The fourth-order valence-electron chi connectivity index (χ4n) is 1.23. The number of nitrogens with one attached hydrogen (secondary N) is 1. The van der Waals surface area contributed by atoms with Gasteiger partial charge in [-0.3, -0.25) is 0 Å². The smallest absolute Gasteiger partial charge is 0.0448 e. The zero-order valence-corrected chi connectivity index (χ0v) is 8.85. The van der Waals surface area contributed by atoms with Gasteiger partial charge >= 0.3 is 0 Å². The van der Waals surface area contributed by atoms with Crippen molar-refractivity contribution in [1.29, 1.82) is 0 Å². The lowest BCUT2D eigenvalue weighted by Gasteiger charge is -2.29. The molecule has 0 aromatic rings. The summed E-state index contributed by atoms with van der Waals surface area (Å²) in [6.07, 6.45) is 3.20. The van der Waals surface area contributed by atoms with Crippen molar-refractivity contribution < 1.29 is 5.11 Å². The Bertz CT molecular complexity index is 114. The molecule has 0 aliphatic rings. The summed E-state index contributed by atoms with van der Waals surface area (Å²) < 4.78 is 0. The number of aliphatic hydroxyl groups is 1. The van der Waals surface area contributed by atoms with Crippen LogP contribution in [0.4, 0.5) is 0 Å². The van der Waals surface area contributed by atoms with E-state index in [0.29, 0.717) is 0 Å². The van der Waals surface area contributed by atoms with E-state index in [1.54, 1.807) is 0 Å². The molecule has 1 atom stereocenters. The molecule has 0 aliphatic heterocycles. The first-order chi connectivity index (χ1) is 5.54. The van der Waals surface area contributed by atoms with Gasteiger partial charge in [-0.2, -0.15) is 0 Å². The summed E-state index contributed by atoms with van der Waals surface area (Å²) in [6.45, 7) is 6.91. The van der Waals surface area contributed by atoms with Gasteiger partial charge in [0.1, 0.15) is 0 Å². The first-order valence-corrected chi connectivity index (χ1v) is 4.84. The van der Waals surface area contributed by atoms with Crippen molar-refractivity contribution in [3.8, 4) is 0 Å². The summed E-state index contributed by atoms with van der Waals surface area (Å²) >= 11 is 0. The number of hydrogen-bond acceptors (Lipinski definition) is 2. The average molecular weight is 173 g/mol. The lowest BCUT2D eigenvalue weighted by molar-refractivity contribution is 0.212. The molecule has 0 aromatic heterocycles. The molecule has 0 saturated heterocycles. The first-order valence-electron chi connectivity index (χ1n) is 4.84. The zero-order chi connectivity index (χ0) is 9.61. The molecule has 0 radical (unpaired) electrons. The van der Waals surface area contributed by atoms with Crippen LogP contribution in [0.1, 0.15) is 40.0 Å². The van der Waals surface area contributed by atoms with E-state index in [4.69, 9.17) is 5.11 Å². The van der Waals surface area contributed by atoms with Gasteiger partial charge in [0.2, 0.25) is 0 Å². The molecule has 0 fully saturated rings. The summed E-state index contributed by atoms with van der Waals surface area (Å²) in [4.78, 5) is 0. The largest absolute Gasteiger partial charge is 0.396 e. The molecule has 2 heteroatoms. The molecule has 0 saturated carbocycles. The fraction of sp³-hybridized carbons (Fsp3) is 1.00. The van der Waals surface area contributed by atoms with Crippen molar-refractivity contribution in [2.24, 2.45) is 5.92 Å². The Balaban J connectivity index is 3.78. The van der Waals surface area contributed by atoms with Crippen LogP contribution < -0.4 is 5.32 Å². The summed E-state index contributed by atoms with van der Waals surface area (Å²) in [6, 6.07) is 0. The van der Waals surface area contributed by atoms with Gasteiger partial charge in [0.05, 0.1) is 0 Å². The van der Waals surface area contributed by atoms with Gasteiger partial charge in [-0.15, -0.1) is 0 Å². The van der Waals surface area contributed by atoms with E-state index in [1.807, 2.05) is 7.05 Å². The Kier molecular flexibility index (Phi) is 5.51. The second-order valence-corrected chi connectivity index (χ2v) is 4.22. The Hall–Kier alpha value is -0.0800. The highest BCUT2D eigenvalue weighted by atomic mass is 16.3. The van der Waals surface area contributed by atoms with Crippen molar-refractivity contribution in [3.05, 3.63) is 0 Å². The van der Waals surface area contributed by atoms with Gasteiger partial charge in [-0.25, -0.2) is 0 Å². The molecule has 0 heterocycles. The van der Waals surface area contributed by atoms with Gasteiger partial charge in [0.25, 0.3) is 0 Å². The van der Waals surface area contributed by atoms with Gasteiger partial charge in [-0.05, 0) is 39.2 Å². The highest BCUT2D eigenvalue weighted by molar-refractivity contribution is 4.81. The first kappa shape index (κ1) is 11.9. The highest BCUT2D eigenvalue weighted by Gasteiger charge is 2.20. The van der Waals surface area contributed by atoms with Crippen LogP contribution in [0.5, 0.6) is 0 Å². The van der Waals surface area contributed by atoms with Gasteiger partial charge < -0.3 is 10.4 Å². The Morgan fingerprint density at radius 2 is 1.92 bits per heavy atom. The van der Waals surface area contributed by atoms with Crippen molar-refractivity contribution >= 4 is 0 Å². The summed E-state index contributed by atoms with van der Waals surface area (Å²) in [5.74, 6) is 0.747. The van der Waals surface area contributed by atoms with Crippen molar-refractivity contribution in [1.82, 2.24) is 5.32 Å². The van der Waals surface area contributed by atoms with E-state index < -0.39 is 0 Å². The van der Waals surface area contributed by atoms with Gasteiger partial charge in [0, 0.05) is 12.1 Å². The van der Waals surface area contributed by atoms with Crippen LogP contribution in [0, 0.1) is 5.92 Å². The lowest BCUT2D eigenvalue weighted by atomic mass is 9.89. The maximum atomic E-state index is 8.86. The highest BCUT2D eigenvalue weighted by Crippen LogP contribution is 2.18. The second-order valence-electron chi connectivity index (χ2n) is 4.22. The predicted octanol–water partition coefficient (Wildman–Crippen LogP) is 1.78. The van der Waals surface area contributed by atoms with Crippen LogP contribution in [0.3, 0.4) is 0 Å². The molecular formula is C10H23NO. The van der Waals surface area contributed by atoms with Gasteiger partial charge in [-0.1, -0.05) is 13.8 Å². The minimum absolute atomic E-state index is 0.124. The maximum absolute atomic E-state index is 8.86. The number of rotatable bonds is 6. The predicted molar refractivity (Wildman–Crippen MR) is 53.2 cm³/mol. The molecule has 2 N–H and O–H groups in total. The molecule has 0 amide bonds. The Morgan fingerprint density at radius 1 is 1.33 bits per heavy atom. The zero-order valence-electron chi connectivity index (χ0n) is 8.85. The molecule has 12 heavy (non-hydrogen) atoms. The molecule has 0 aromatic carbocycles. The third-order valence-corrected chi connectivity index (χ3v) is 2.54. The lowest BCUT2D eigenvalue weighted by Crippen LogP contribution is -2.40. The fourth-order valence-corrected chi connectivity index (χ4v) is 1.23. The van der Waals surface area contributed by atoms with E-state index in [2.05, 4.69) is 26.1 Å². The SMILES string of the molecule is CNC(C)(CCO)CCC(C)C. The molecule has 2 nitrogen and oxygen atoms in total. The minimum Gasteiger partial charge on any atom is -0.396 e. The third-order valence-electron chi connectivity index (χ3n) is 2.54. The third kappa shape index (κ3) is 4.73. The number of hydrogen-bond donors (Lipinski definition) is 2. The Morgan fingerprint density at radius 3 is 2.25 bits per heavy atom. The molecule has 0 rings (SSSR count). The van der Waals surface area contributed by atoms with Crippen molar-refractivity contribution in [2.45, 2.75) is 45.6 Å². The van der Waals surface area contributed by atoms with Crippen LogP contribution in [-0.2, 0) is 0 Å². The summed E-state index contributed by atoms with van der Waals surface area (Å²) in [7, 11) is 1.97. The van der Waals surface area contributed by atoms with E-state index in [0.717, 1.165) is 18.8 Å². The average Bonchev–Trinajstić information content (AvgIpc) is 2.02. The van der Waals surface area contributed by atoms with E-state index in [1.165, 1.54) is 6.42 Å².